The van der Waals surface area contributed by atoms with Gasteiger partial charge in [-0.3, -0.25) is 14.5 Å². The van der Waals surface area contributed by atoms with Gasteiger partial charge in [0.15, 0.2) is 0 Å². The molecular weight excluding hydrogens is 262 g/mol. The summed E-state index contributed by atoms with van der Waals surface area (Å²) in [6.07, 6.45) is 0.614. The van der Waals surface area contributed by atoms with Crippen LogP contribution in [0.4, 0.5) is 5.69 Å². The number of carboxylic acid groups (broad SMARTS) is 1. The lowest BCUT2D eigenvalue weighted by atomic mass is 9.86. The third kappa shape index (κ3) is 2.03. The van der Waals surface area contributed by atoms with Crippen molar-refractivity contribution >= 4 is 23.5 Å². The number of amides is 2. The highest BCUT2D eigenvalue weighted by molar-refractivity contribution is 6.22. The zero-order chi connectivity index (χ0) is 15.1. The van der Waals surface area contributed by atoms with Gasteiger partial charge >= 0.3 is 5.97 Å². The van der Waals surface area contributed by atoms with E-state index in [2.05, 4.69) is 0 Å². The summed E-state index contributed by atoms with van der Waals surface area (Å²) in [5, 5.41) is 20.5. The molecule has 1 aromatic rings. The van der Waals surface area contributed by atoms with E-state index < -0.39 is 17.1 Å². The van der Waals surface area contributed by atoms with Crippen molar-refractivity contribution in [1.82, 2.24) is 0 Å². The lowest BCUT2D eigenvalue weighted by molar-refractivity contribution is -0.268. The molecule has 2 rings (SSSR count). The molecule has 20 heavy (non-hydrogen) atoms. The Hall–Kier alpha value is -2.37. The normalized spacial score (nSPS) is 22.4. The van der Waals surface area contributed by atoms with E-state index in [0.29, 0.717) is 6.42 Å². The number of carbonyl (C=O) groups excluding carboxylic acids is 2. The number of rotatable bonds is 3. The zero-order valence-corrected chi connectivity index (χ0v) is 11.2. The molecule has 0 bridgehead atoms. The van der Waals surface area contributed by atoms with Gasteiger partial charge in [-0.25, -0.2) is 4.79 Å². The van der Waals surface area contributed by atoms with Gasteiger partial charge in [0, 0.05) is 6.42 Å². The van der Waals surface area contributed by atoms with Gasteiger partial charge in [0.05, 0.1) is 16.7 Å². The standard InChI is InChI=1S/C14H15NO5/c1-3-14(2)7-11(17)15(13(14)20)8-4-5-9(12(18)19)10(16)6-8/h4-6,16H,3,7H2,1-2H3,(H,18,19)/p-1/t14-/m1/s1. The molecule has 6 nitrogen and oxygen atoms in total. The minimum Gasteiger partial charge on any atom is -0.872 e. The van der Waals surface area contributed by atoms with Gasteiger partial charge in [0.25, 0.3) is 0 Å². The van der Waals surface area contributed by atoms with Crippen LogP contribution in [-0.4, -0.2) is 22.9 Å². The van der Waals surface area contributed by atoms with E-state index in [1.165, 1.54) is 6.07 Å². The molecule has 2 amide bonds. The van der Waals surface area contributed by atoms with Gasteiger partial charge in [0.1, 0.15) is 0 Å². The number of carbonyl (C=O) groups is 3. The largest absolute Gasteiger partial charge is 0.872 e. The lowest BCUT2D eigenvalue weighted by Crippen LogP contribution is -2.34. The number of aromatic carboxylic acids is 1. The van der Waals surface area contributed by atoms with E-state index in [0.717, 1.165) is 17.0 Å². The summed E-state index contributed by atoms with van der Waals surface area (Å²) >= 11 is 0. The van der Waals surface area contributed by atoms with E-state index in [4.69, 9.17) is 5.11 Å². The van der Waals surface area contributed by atoms with Crippen molar-refractivity contribution in [2.24, 2.45) is 5.41 Å². The van der Waals surface area contributed by atoms with Crippen molar-refractivity contribution in [3.05, 3.63) is 23.8 Å². The van der Waals surface area contributed by atoms with Crippen molar-refractivity contribution in [3.63, 3.8) is 0 Å². The number of anilines is 1. The smallest absolute Gasteiger partial charge is 0.335 e. The summed E-state index contributed by atoms with van der Waals surface area (Å²) in [5.74, 6) is -2.78. The molecule has 0 unspecified atom stereocenters. The van der Waals surface area contributed by atoms with Crippen LogP contribution in [-0.2, 0) is 9.59 Å². The van der Waals surface area contributed by atoms with Crippen molar-refractivity contribution in [3.8, 4) is 5.75 Å². The number of benzene rings is 1. The molecule has 1 aromatic carbocycles. The summed E-state index contributed by atoms with van der Waals surface area (Å²) in [6, 6.07) is 3.44. The maximum atomic E-state index is 12.3. The van der Waals surface area contributed by atoms with Crippen LogP contribution in [0.2, 0.25) is 0 Å². The molecule has 6 heteroatoms. The molecule has 0 saturated carbocycles. The molecule has 0 spiro atoms. The first-order valence-corrected chi connectivity index (χ1v) is 6.22. The molecule has 1 N–H and O–H groups in total. The van der Waals surface area contributed by atoms with Crippen molar-refractivity contribution in [2.75, 3.05) is 4.90 Å². The Morgan fingerprint density at radius 3 is 2.55 bits per heavy atom. The predicted octanol–water partition coefficient (Wildman–Crippen LogP) is 1.14. The first kappa shape index (κ1) is 14.0. The fourth-order valence-corrected chi connectivity index (χ4v) is 2.24. The molecule has 0 radical (unpaired) electrons. The van der Waals surface area contributed by atoms with Crippen LogP contribution in [0, 0.1) is 5.41 Å². The third-order valence-electron chi connectivity index (χ3n) is 3.74. The third-order valence-corrected chi connectivity index (χ3v) is 3.74. The van der Waals surface area contributed by atoms with Crippen LogP contribution in [0.5, 0.6) is 5.75 Å². The van der Waals surface area contributed by atoms with Gasteiger partial charge in [0.2, 0.25) is 11.8 Å². The first-order chi connectivity index (χ1) is 9.30. The number of hydrogen-bond donors (Lipinski definition) is 1. The van der Waals surface area contributed by atoms with Crippen LogP contribution in [0.15, 0.2) is 18.2 Å². The van der Waals surface area contributed by atoms with Gasteiger partial charge < -0.3 is 10.2 Å². The van der Waals surface area contributed by atoms with E-state index in [1.54, 1.807) is 6.92 Å². The van der Waals surface area contributed by atoms with Crippen LogP contribution in [0.25, 0.3) is 0 Å². The highest BCUT2D eigenvalue weighted by Crippen LogP contribution is 2.38. The molecule has 1 aliphatic rings. The van der Waals surface area contributed by atoms with E-state index >= 15 is 0 Å². The number of imide groups is 1. The Kier molecular flexibility index (Phi) is 3.25. The zero-order valence-electron chi connectivity index (χ0n) is 11.2. The second kappa shape index (κ2) is 4.63. The summed E-state index contributed by atoms with van der Waals surface area (Å²) in [7, 11) is 0. The van der Waals surface area contributed by atoms with Gasteiger partial charge in [-0.1, -0.05) is 19.6 Å². The van der Waals surface area contributed by atoms with Gasteiger partial charge in [-0.15, -0.1) is 0 Å². The fourth-order valence-electron chi connectivity index (χ4n) is 2.24. The quantitative estimate of drug-likeness (QED) is 0.835. The van der Waals surface area contributed by atoms with Crippen LogP contribution >= 0.6 is 0 Å². The molecule has 1 aliphatic heterocycles. The maximum Gasteiger partial charge on any atom is 0.335 e. The molecular formula is C14H14NO5-. The molecule has 1 saturated heterocycles. The number of carboxylic acids is 1. The molecule has 106 valence electrons. The van der Waals surface area contributed by atoms with Crippen molar-refractivity contribution in [1.29, 1.82) is 0 Å². The summed E-state index contributed by atoms with van der Waals surface area (Å²) < 4.78 is 0. The van der Waals surface area contributed by atoms with Crippen molar-refractivity contribution < 1.29 is 24.6 Å². The van der Waals surface area contributed by atoms with Crippen LogP contribution in [0.1, 0.15) is 37.0 Å². The Labute approximate surface area is 115 Å². The summed E-state index contributed by atoms with van der Waals surface area (Å²) in [5.41, 5.74) is -1.01. The van der Waals surface area contributed by atoms with Crippen molar-refractivity contribution in [2.45, 2.75) is 26.7 Å². The second-order valence-corrected chi connectivity index (χ2v) is 5.11. The lowest BCUT2D eigenvalue weighted by Gasteiger charge is -2.22. The summed E-state index contributed by atoms with van der Waals surface area (Å²) in [6.45, 7) is 3.53. The average Bonchev–Trinajstić information content (AvgIpc) is 2.60. The highest BCUT2D eigenvalue weighted by Gasteiger charge is 2.47. The monoisotopic (exact) mass is 276 g/mol. The Bertz CT molecular complexity index is 610. The molecule has 1 atom stereocenters. The molecule has 0 aromatic heterocycles. The maximum absolute atomic E-state index is 12.3. The molecule has 0 aliphatic carbocycles. The Morgan fingerprint density at radius 2 is 2.10 bits per heavy atom. The Balaban J connectivity index is 2.42. The molecule has 1 fully saturated rings. The second-order valence-electron chi connectivity index (χ2n) is 5.11. The predicted molar refractivity (Wildman–Crippen MR) is 68.4 cm³/mol. The highest BCUT2D eigenvalue weighted by atomic mass is 16.4. The number of hydrogen-bond acceptors (Lipinski definition) is 4. The van der Waals surface area contributed by atoms with E-state index in [1.807, 2.05) is 6.92 Å². The van der Waals surface area contributed by atoms with E-state index in [9.17, 15) is 19.5 Å². The minimum atomic E-state index is -1.33. The topological polar surface area (TPSA) is 97.7 Å². The van der Waals surface area contributed by atoms with Crippen LogP contribution in [0.3, 0.4) is 0 Å². The first-order valence-electron chi connectivity index (χ1n) is 6.22. The average molecular weight is 276 g/mol. The van der Waals surface area contributed by atoms with E-state index in [-0.39, 0.29) is 29.5 Å². The summed E-state index contributed by atoms with van der Waals surface area (Å²) in [4.78, 5) is 36.0. The van der Waals surface area contributed by atoms with Gasteiger partial charge in [-0.05, 0) is 24.6 Å². The van der Waals surface area contributed by atoms with Gasteiger partial charge in [-0.2, -0.15) is 0 Å². The van der Waals surface area contributed by atoms with Crippen LogP contribution < -0.4 is 10.0 Å². The fraction of sp³-hybridized carbons (Fsp3) is 0.357. The minimum absolute atomic E-state index is 0.0945. The Morgan fingerprint density at radius 1 is 1.45 bits per heavy atom. The molecule has 1 heterocycles. The number of nitrogens with zero attached hydrogens (tertiary/aromatic N) is 1. The SMILES string of the molecule is CC[C@]1(C)CC(=O)N(c2ccc(C(=O)O)c([O-])c2)C1=O.